The van der Waals surface area contributed by atoms with Crippen LogP contribution in [0.15, 0.2) is 16.7 Å². The number of fused-ring (bicyclic) bond motifs is 1. The van der Waals surface area contributed by atoms with Gasteiger partial charge in [0, 0.05) is 29.3 Å². The first-order valence-electron chi connectivity index (χ1n) is 4.45. The maximum absolute atomic E-state index is 10.3. The van der Waals surface area contributed by atoms with Gasteiger partial charge in [0.1, 0.15) is 0 Å². The highest BCUT2D eigenvalue weighted by Gasteiger charge is 2.17. The number of pyridine rings is 1. The van der Waals surface area contributed by atoms with Crippen LogP contribution in [0.4, 0.5) is 0 Å². The summed E-state index contributed by atoms with van der Waals surface area (Å²) in [5, 5.41) is 0. The van der Waals surface area contributed by atoms with Crippen LogP contribution in [0.2, 0.25) is 0 Å². The van der Waals surface area contributed by atoms with E-state index in [1.807, 2.05) is 11.0 Å². The maximum atomic E-state index is 10.3. The summed E-state index contributed by atoms with van der Waals surface area (Å²) < 4.78 is 0.990. The fourth-order valence-electron chi connectivity index (χ4n) is 1.63. The van der Waals surface area contributed by atoms with Crippen LogP contribution in [0.3, 0.4) is 0 Å². The summed E-state index contributed by atoms with van der Waals surface area (Å²) in [7, 11) is 1.59. The van der Waals surface area contributed by atoms with Gasteiger partial charge in [-0.3, -0.25) is 4.98 Å². The van der Waals surface area contributed by atoms with Crippen molar-refractivity contribution in [1.82, 2.24) is 9.79 Å². The van der Waals surface area contributed by atoms with E-state index in [2.05, 4.69) is 27.0 Å². The molecule has 1 radical (unpaired) electrons. The quantitative estimate of drug-likeness (QED) is 0.581. The zero-order valence-corrected chi connectivity index (χ0v) is 9.20. The molecule has 2 heterocycles. The molecule has 0 saturated heterocycles. The molecule has 0 spiro atoms. The predicted octanol–water partition coefficient (Wildman–Crippen LogP) is 1.01. The van der Waals surface area contributed by atoms with Crippen LogP contribution in [0.1, 0.15) is 11.3 Å². The third kappa shape index (κ3) is 2.04. The Labute approximate surface area is 91.9 Å². The number of hydrogen-bond acceptors (Lipinski definition) is 3. The third-order valence-corrected chi connectivity index (χ3v) is 2.74. The first kappa shape index (κ1) is 9.86. The Morgan fingerprint density at radius 1 is 1.64 bits per heavy atom. The molecule has 0 fully saturated rings. The van der Waals surface area contributed by atoms with Gasteiger partial charge < -0.3 is 9.61 Å². The second-order valence-corrected chi connectivity index (χ2v) is 4.18. The van der Waals surface area contributed by atoms with E-state index in [4.69, 9.17) is 0 Å². The fraction of sp³-hybridized carbons (Fsp3) is 0.333. The molecule has 0 aromatic carbocycles. The van der Waals surface area contributed by atoms with E-state index < -0.39 is 0 Å². The van der Waals surface area contributed by atoms with E-state index in [0.717, 1.165) is 35.9 Å². The van der Waals surface area contributed by atoms with Crippen LogP contribution in [0, 0.1) is 0 Å². The number of hydrogen-bond donors (Lipinski definition) is 0. The topological polar surface area (TPSA) is 33.2 Å². The van der Waals surface area contributed by atoms with Gasteiger partial charge in [-0.05, 0) is 34.1 Å². The van der Waals surface area contributed by atoms with Crippen molar-refractivity contribution in [2.24, 2.45) is 0 Å². The van der Waals surface area contributed by atoms with Gasteiger partial charge in [-0.2, -0.15) is 0 Å². The summed E-state index contributed by atoms with van der Waals surface area (Å²) >= 11 is 3.39. The van der Waals surface area contributed by atoms with Gasteiger partial charge in [-0.25, -0.2) is 0 Å². The highest BCUT2D eigenvalue weighted by molar-refractivity contribution is 9.10. The molecule has 3 nitrogen and oxygen atoms in total. The molecule has 1 aromatic rings. The normalized spacial score (nSPS) is 16.1. The lowest BCUT2D eigenvalue weighted by atomic mass is 9.90. The average Bonchev–Trinajstić information content (AvgIpc) is 2.17. The molecule has 2 rings (SSSR count). The Morgan fingerprint density at radius 3 is 3.29 bits per heavy atom. The van der Waals surface area contributed by atoms with Crippen molar-refractivity contribution in [3.05, 3.63) is 28.0 Å². The molecule has 71 valence electrons. The summed E-state index contributed by atoms with van der Waals surface area (Å²) in [6, 6.07) is 2.06. The molecule has 0 unspecified atom stereocenters. The van der Waals surface area contributed by atoms with Crippen molar-refractivity contribution in [3.63, 3.8) is 0 Å². The summed E-state index contributed by atoms with van der Waals surface area (Å²) in [4.78, 5) is 16.7. The molecule has 1 aliphatic rings. The molecule has 14 heavy (non-hydrogen) atoms. The first-order chi connectivity index (χ1) is 6.79. The molecular formula is C9H9BBrN2O. The molecule has 1 aromatic heterocycles. The van der Waals surface area contributed by atoms with Crippen molar-refractivity contribution in [2.75, 3.05) is 6.54 Å². The van der Waals surface area contributed by atoms with Crippen LogP contribution in [-0.2, 0) is 17.8 Å². The molecule has 0 amide bonds. The van der Waals surface area contributed by atoms with E-state index >= 15 is 0 Å². The van der Waals surface area contributed by atoms with E-state index in [1.54, 1.807) is 7.41 Å². The highest BCUT2D eigenvalue weighted by Crippen LogP contribution is 2.19. The second-order valence-electron chi connectivity index (χ2n) is 3.26. The predicted molar refractivity (Wildman–Crippen MR) is 58.6 cm³/mol. The highest BCUT2D eigenvalue weighted by atomic mass is 79.9. The molecule has 0 bridgehead atoms. The van der Waals surface area contributed by atoms with Gasteiger partial charge in [-0.1, -0.05) is 0 Å². The van der Waals surface area contributed by atoms with Crippen LogP contribution in [0.25, 0.3) is 0 Å². The number of carbonyl (C=O) groups is 1. The minimum Gasteiger partial charge on any atom is -0.336 e. The Bertz CT molecular complexity index is 359. The second kappa shape index (κ2) is 4.23. The SMILES string of the molecule is O=C[B]N1CCc2ncc(Br)cc2C1. The van der Waals surface area contributed by atoms with Gasteiger partial charge in [0.05, 0.1) is 6.19 Å². The number of rotatable bonds is 2. The van der Waals surface area contributed by atoms with Crippen molar-refractivity contribution in [2.45, 2.75) is 13.0 Å². The van der Waals surface area contributed by atoms with E-state index in [1.165, 1.54) is 5.56 Å². The molecule has 0 saturated carbocycles. The Hall–Kier alpha value is -0.675. The van der Waals surface area contributed by atoms with Gasteiger partial charge >= 0.3 is 0 Å². The zero-order valence-electron chi connectivity index (χ0n) is 7.61. The van der Waals surface area contributed by atoms with Crippen molar-refractivity contribution >= 4 is 29.5 Å². The number of nitrogens with zero attached hydrogens (tertiary/aromatic N) is 2. The van der Waals surface area contributed by atoms with E-state index in [-0.39, 0.29) is 0 Å². The lowest BCUT2D eigenvalue weighted by Crippen LogP contribution is -2.34. The summed E-state index contributed by atoms with van der Waals surface area (Å²) in [6.07, 6.45) is 3.56. The van der Waals surface area contributed by atoms with Gasteiger partial charge in [0.2, 0.25) is 0 Å². The fourth-order valence-corrected chi connectivity index (χ4v) is 2.01. The van der Waals surface area contributed by atoms with Gasteiger partial charge in [-0.15, -0.1) is 0 Å². The van der Waals surface area contributed by atoms with Crippen molar-refractivity contribution in [3.8, 4) is 0 Å². The molecule has 0 atom stereocenters. The molecular weight excluding hydrogens is 243 g/mol. The van der Waals surface area contributed by atoms with Gasteiger partial charge in [0.25, 0.3) is 7.41 Å². The molecule has 0 aliphatic carbocycles. The smallest absolute Gasteiger partial charge is 0.293 e. The molecule has 0 N–H and O–H groups in total. The Morgan fingerprint density at radius 2 is 2.50 bits per heavy atom. The monoisotopic (exact) mass is 251 g/mol. The third-order valence-electron chi connectivity index (χ3n) is 2.31. The van der Waals surface area contributed by atoms with Crippen LogP contribution in [-0.4, -0.2) is 29.9 Å². The zero-order chi connectivity index (χ0) is 9.97. The van der Waals surface area contributed by atoms with E-state index in [0.29, 0.717) is 0 Å². The lowest BCUT2D eigenvalue weighted by molar-refractivity contribution is 0.415. The molecule has 5 heteroatoms. The van der Waals surface area contributed by atoms with Gasteiger partial charge in [0.15, 0.2) is 0 Å². The number of halogens is 1. The summed E-state index contributed by atoms with van der Waals surface area (Å²) in [6.45, 7) is 1.65. The largest absolute Gasteiger partial charge is 0.336 e. The lowest BCUT2D eigenvalue weighted by Gasteiger charge is -2.26. The summed E-state index contributed by atoms with van der Waals surface area (Å²) in [5.41, 5.74) is 2.34. The summed E-state index contributed by atoms with van der Waals surface area (Å²) in [5.74, 6) is 0. The van der Waals surface area contributed by atoms with Crippen LogP contribution in [0.5, 0.6) is 0 Å². The Kier molecular flexibility index (Phi) is 2.98. The first-order valence-corrected chi connectivity index (χ1v) is 5.25. The Balaban J connectivity index is 2.20. The van der Waals surface area contributed by atoms with Crippen LogP contribution < -0.4 is 0 Å². The van der Waals surface area contributed by atoms with Crippen molar-refractivity contribution in [1.29, 1.82) is 0 Å². The van der Waals surface area contributed by atoms with Crippen molar-refractivity contribution < 1.29 is 4.79 Å². The minimum absolute atomic E-state index is 0.778. The number of aromatic nitrogens is 1. The molecule has 1 aliphatic heterocycles. The van der Waals surface area contributed by atoms with Crippen LogP contribution >= 0.6 is 15.9 Å². The minimum atomic E-state index is 0.778. The standard InChI is InChI=1S/C9H9BBrN2O/c11-8-3-7-5-13(10-6-14)2-1-9(7)12-4-8/h3-4,6H,1-2,5H2. The average molecular weight is 252 g/mol. The maximum Gasteiger partial charge on any atom is 0.293 e. The van der Waals surface area contributed by atoms with E-state index in [9.17, 15) is 4.79 Å². The number of carbonyl (C=O) groups excluding carboxylic acids is 1.